The van der Waals surface area contributed by atoms with Crippen molar-refractivity contribution >= 4 is 51.6 Å². The zero-order valence-corrected chi connectivity index (χ0v) is 20.9. The molecule has 0 saturated heterocycles. The fourth-order valence-electron chi connectivity index (χ4n) is 3.05. The van der Waals surface area contributed by atoms with Gasteiger partial charge in [-0.25, -0.2) is 9.78 Å². The van der Waals surface area contributed by atoms with Crippen LogP contribution in [0.4, 0.5) is 9.93 Å². The van der Waals surface area contributed by atoms with Crippen molar-refractivity contribution in [3.8, 4) is 0 Å². The van der Waals surface area contributed by atoms with Crippen molar-refractivity contribution < 1.29 is 19.1 Å². The van der Waals surface area contributed by atoms with E-state index in [1.807, 2.05) is 6.07 Å². The van der Waals surface area contributed by atoms with Gasteiger partial charge >= 0.3 is 6.03 Å². The Hall–Kier alpha value is -2.69. The van der Waals surface area contributed by atoms with E-state index in [1.165, 1.54) is 11.3 Å². The maximum absolute atomic E-state index is 12.6. The molecule has 0 atom stereocenters. The Morgan fingerprint density at radius 3 is 2.44 bits per heavy atom. The van der Waals surface area contributed by atoms with Crippen LogP contribution in [0, 0.1) is 0 Å². The summed E-state index contributed by atoms with van der Waals surface area (Å²) in [6.07, 6.45) is 0. The van der Waals surface area contributed by atoms with E-state index < -0.39 is 6.03 Å². The molecular formula is C23H24Cl2N4O4S. The van der Waals surface area contributed by atoms with Gasteiger partial charge in [0.15, 0.2) is 5.13 Å². The fraction of sp³-hybridized carbons (Fsp3) is 0.261. The highest BCUT2D eigenvalue weighted by Gasteiger charge is 2.12. The summed E-state index contributed by atoms with van der Waals surface area (Å²) >= 11 is 13.1. The number of anilines is 1. The van der Waals surface area contributed by atoms with E-state index in [9.17, 15) is 9.59 Å². The minimum Gasteiger partial charge on any atom is -0.380 e. The van der Waals surface area contributed by atoms with Crippen molar-refractivity contribution in [2.24, 2.45) is 0 Å². The topological polar surface area (TPSA) is 102 Å². The van der Waals surface area contributed by atoms with Crippen LogP contribution in [0.25, 0.3) is 0 Å². The van der Waals surface area contributed by atoms with Gasteiger partial charge in [0, 0.05) is 31.7 Å². The van der Waals surface area contributed by atoms with E-state index in [0.717, 1.165) is 16.7 Å². The second kappa shape index (κ2) is 12.7. The largest absolute Gasteiger partial charge is 0.380 e. The smallest absolute Gasteiger partial charge is 0.321 e. The van der Waals surface area contributed by atoms with Crippen LogP contribution in [0.3, 0.4) is 0 Å². The Balaban J connectivity index is 1.50. The van der Waals surface area contributed by atoms with Crippen LogP contribution in [-0.2, 0) is 35.8 Å². The molecule has 0 saturated carbocycles. The van der Waals surface area contributed by atoms with Crippen molar-refractivity contribution in [3.05, 3.63) is 79.8 Å². The summed E-state index contributed by atoms with van der Waals surface area (Å²) in [5.74, 6) is -0.233. The molecule has 34 heavy (non-hydrogen) atoms. The highest BCUT2D eigenvalue weighted by Crippen LogP contribution is 2.22. The van der Waals surface area contributed by atoms with E-state index in [0.29, 0.717) is 39.6 Å². The molecule has 180 valence electrons. The van der Waals surface area contributed by atoms with Gasteiger partial charge in [-0.2, -0.15) is 0 Å². The summed E-state index contributed by atoms with van der Waals surface area (Å²) in [6.45, 7) is 1.33. The number of nitrogens with one attached hydrogen (secondary N) is 3. The van der Waals surface area contributed by atoms with Gasteiger partial charge in [0.25, 0.3) is 5.91 Å². The average Bonchev–Trinajstić information content (AvgIpc) is 3.27. The number of hydrogen-bond donors (Lipinski definition) is 3. The number of carbonyl (C=O) groups is 2. The van der Waals surface area contributed by atoms with Crippen molar-refractivity contribution in [1.82, 2.24) is 15.6 Å². The molecule has 1 heterocycles. The summed E-state index contributed by atoms with van der Waals surface area (Å²) in [5.41, 5.74) is 3.82. The molecule has 0 bridgehead atoms. The maximum atomic E-state index is 12.6. The number of thiazole rings is 1. The van der Waals surface area contributed by atoms with Crippen LogP contribution in [0.1, 0.15) is 32.7 Å². The van der Waals surface area contributed by atoms with Crippen LogP contribution in [-0.4, -0.2) is 31.1 Å². The standard InChI is InChI=1S/C23H24Cl2N4O4S/c1-32-11-16-5-4-15(8-17(16)12-33-2)21(30)26-10-18-13-34-23(28-18)29-22(31)27-9-14-3-6-19(24)20(25)7-14/h3-8,13H,9-12H2,1-2H3,(H,26,30)(H2,27,28,29,31). The first-order chi connectivity index (χ1) is 16.4. The van der Waals surface area contributed by atoms with E-state index in [4.69, 9.17) is 32.7 Å². The Morgan fingerprint density at radius 1 is 0.941 bits per heavy atom. The molecule has 0 unspecified atom stereocenters. The van der Waals surface area contributed by atoms with Crippen molar-refractivity contribution in [2.45, 2.75) is 26.3 Å². The zero-order chi connectivity index (χ0) is 24.5. The van der Waals surface area contributed by atoms with E-state index in [2.05, 4.69) is 20.9 Å². The maximum Gasteiger partial charge on any atom is 0.321 e. The first kappa shape index (κ1) is 25.9. The summed E-state index contributed by atoms with van der Waals surface area (Å²) < 4.78 is 10.4. The lowest BCUT2D eigenvalue weighted by atomic mass is 10.0. The minimum absolute atomic E-state index is 0.224. The van der Waals surface area contributed by atoms with Gasteiger partial charge in [-0.3, -0.25) is 10.1 Å². The average molecular weight is 523 g/mol. The molecule has 0 aliphatic rings. The number of nitrogens with zero attached hydrogens (tertiary/aromatic N) is 1. The second-order valence-corrected chi connectivity index (χ2v) is 8.90. The van der Waals surface area contributed by atoms with E-state index >= 15 is 0 Å². The first-order valence-electron chi connectivity index (χ1n) is 10.2. The normalized spacial score (nSPS) is 10.7. The Morgan fingerprint density at radius 2 is 1.71 bits per heavy atom. The summed E-state index contributed by atoms with van der Waals surface area (Å²) in [7, 11) is 3.22. The lowest BCUT2D eigenvalue weighted by Gasteiger charge is -2.11. The lowest BCUT2D eigenvalue weighted by molar-refractivity contribution is 0.0950. The molecule has 3 N–H and O–H groups in total. The van der Waals surface area contributed by atoms with Crippen LogP contribution in [0.5, 0.6) is 0 Å². The number of benzene rings is 2. The number of urea groups is 1. The number of rotatable bonds is 10. The SMILES string of the molecule is COCc1ccc(C(=O)NCc2csc(NC(=O)NCc3ccc(Cl)c(Cl)c3)n2)cc1COC. The molecule has 0 spiro atoms. The van der Waals surface area contributed by atoms with Crippen LogP contribution in [0.15, 0.2) is 41.8 Å². The number of methoxy groups -OCH3 is 2. The Kier molecular flexibility index (Phi) is 9.67. The third-order valence-corrected chi connectivity index (χ3v) is 6.25. The molecule has 3 aromatic rings. The van der Waals surface area contributed by atoms with E-state index in [1.54, 1.807) is 49.9 Å². The highest BCUT2D eigenvalue weighted by molar-refractivity contribution is 7.13. The predicted octanol–water partition coefficient (Wildman–Crippen LogP) is 4.99. The predicted molar refractivity (Wildman–Crippen MR) is 133 cm³/mol. The Labute approximate surface area is 211 Å². The monoisotopic (exact) mass is 522 g/mol. The second-order valence-electron chi connectivity index (χ2n) is 7.23. The van der Waals surface area contributed by atoms with Gasteiger partial charge in [-0.1, -0.05) is 35.3 Å². The Bertz CT molecular complexity index is 1160. The van der Waals surface area contributed by atoms with Crippen LogP contribution >= 0.6 is 34.5 Å². The zero-order valence-electron chi connectivity index (χ0n) is 18.6. The molecule has 3 amide bonds. The number of hydrogen-bond acceptors (Lipinski definition) is 6. The molecule has 0 radical (unpaired) electrons. The summed E-state index contributed by atoms with van der Waals surface area (Å²) in [6, 6.07) is 10.1. The van der Waals surface area contributed by atoms with Gasteiger partial charge in [-0.15, -0.1) is 11.3 Å². The minimum atomic E-state index is -0.405. The molecule has 2 aromatic carbocycles. The summed E-state index contributed by atoms with van der Waals surface area (Å²) in [5, 5.41) is 11.3. The van der Waals surface area contributed by atoms with E-state index in [-0.39, 0.29) is 19.0 Å². The van der Waals surface area contributed by atoms with Crippen LogP contribution < -0.4 is 16.0 Å². The van der Waals surface area contributed by atoms with Crippen LogP contribution in [0.2, 0.25) is 10.0 Å². The van der Waals surface area contributed by atoms with Crippen molar-refractivity contribution in [2.75, 3.05) is 19.5 Å². The number of aromatic nitrogens is 1. The molecule has 1 aromatic heterocycles. The highest BCUT2D eigenvalue weighted by atomic mass is 35.5. The quantitative estimate of drug-likeness (QED) is 0.348. The van der Waals surface area contributed by atoms with Gasteiger partial charge in [-0.05, 0) is 41.0 Å². The molecule has 0 aliphatic carbocycles. The van der Waals surface area contributed by atoms with Crippen molar-refractivity contribution in [1.29, 1.82) is 0 Å². The molecule has 0 aliphatic heterocycles. The van der Waals surface area contributed by atoms with Gasteiger partial charge < -0.3 is 20.1 Å². The lowest BCUT2D eigenvalue weighted by Crippen LogP contribution is -2.28. The number of halogens is 2. The molecule has 11 heteroatoms. The number of ether oxygens (including phenoxy) is 2. The third kappa shape index (κ3) is 7.41. The third-order valence-electron chi connectivity index (χ3n) is 4.71. The van der Waals surface area contributed by atoms with Gasteiger partial charge in [0.2, 0.25) is 0 Å². The number of amides is 3. The van der Waals surface area contributed by atoms with Crippen molar-refractivity contribution in [3.63, 3.8) is 0 Å². The van der Waals surface area contributed by atoms with Gasteiger partial charge in [0.1, 0.15) is 0 Å². The molecular weight excluding hydrogens is 499 g/mol. The fourth-order valence-corrected chi connectivity index (χ4v) is 4.07. The molecule has 3 rings (SSSR count). The molecule has 8 nitrogen and oxygen atoms in total. The first-order valence-corrected chi connectivity index (χ1v) is 11.8. The summed E-state index contributed by atoms with van der Waals surface area (Å²) in [4.78, 5) is 29.1. The van der Waals surface area contributed by atoms with Gasteiger partial charge in [0.05, 0.1) is 35.5 Å². The number of carbonyl (C=O) groups excluding carboxylic acids is 2. The molecule has 0 fully saturated rings.